The summed E-state index contributed by atoms with van der Waals surface area (Å²) in [6.45, 7) is 1.58. The average Bonchev–Trinajstić information content (AvgIpc) is 3.40. The summed E-state index contributed by atoms with van der Waals surface area (Å²) in [7, 11) is 0. The quantitative estimate of drug-likeness (QED) is 0.852. The molecule has 1 aromatic rings. The number of piperidine rings is 2. The number of carbonyl (C=O) groups is 2. The van der Waals surface area contributed by atoms with Gasteiger partial charge >= 0.3 is 0 Å². The van der Waals surface area contributed by atoms with Crippen LogP contribution in [0.4, 0.5) is 0 Å². The molecule has 0 aromatic carbocycles. The maximum absolute atomic E-state index is 12.6. The molecule has 2 amide bonds. The van der Waals surface area contributed by atoms with E-state index in [9.17, 15) is 9.59 Å². The fraction of sp³-hybridized carbons (Fsp3) is 0.611. The van der Waals surface area contributed by atoms with Gasteiger partial charge in [-0.25, -0.2) is 0 Å². The summed E-state index contributed by atoms with van der Waals surface area (Å²) in [5.74, 6) is 0.982. The van der Waals surface area contributed by atoms with Gasteiger partial charge in [-0.2, -0.15) is 0 Å². The summed E-state index contributed by atoms with van der Waals surface area (Å²) in [5.41, 5.74) is 0.970. The van der Waals surface area contributed by atoms with Crippen LogP contribution in [0.25, 0.3) is 0 Å². The zero-order valence-corrected chi connectivity index (χ0v) is 13.4. The number of fused-ring (bicyclic) bond motifs is 1. The second kappa shape index (κ2) is 5.95. The van der Waals surface area contributed by atoms with E-state index in [0.717, 1.165) is 31.5 Å². The Balaban J connectivity index is 1.40. The zero-order valence-electron chi connectivity index (χ0n) is 13.4. The lowest BCUT2D eigenvalue weighted by molar-refractivity contribution is -0.144. The molecule has 0 spiro atoms. The Hall–Kier alpha value is -1.91. The van der Waals surface area contributed by atoms with Gasteiger partial charge in [0.2, 0.25) is 11.8 Å². The molecule has 1 aromatic heterocycles. The Morgan fingerprint density at radius 3 is 2.87 bits per heavy atom. The molecule has 2 atom stereocenters. The molecule has 1 saturated carbocycles. The molecule has 3 heterocycles. The van der Waals surface area contributed by atoms with Crippen LogP contribution in [0.3, 0.4) is 0 Å². The third kappa shape index (κ3) is 2.96. The van der Waals surface area contributed by atoms with Crippen molar-refractivity contribution in [2.75, 3.05) is 13.1 Å². The standard InChI is InChI=1S/C18H23N3O2/c22-17-6-3-14-12-20(9-7-16(14)21(17)15-4-5-15)18(23)10-13-2-1-8-19-11-13/h1-2,8,11,14-16H,3-7,9-10,12H2. The topological polar surface area (TPSA) is 53.5 Å². The number of hydrogen-bond acceptors (Lipinski definition) is 3. The van der Waals surface area contributed by atoms with Crippen LogP contribution in [0.5, 0.6) is 0 Å². The van der Waals surface area contributed by atoms with E-state index in [1.807, 2.05) is 17.0 Å². The smallest absolute Gasteiger partial charge is 0.227 e. The highest BCUT2D eigenvalue weighted by Gasteiger charge is 2.45. The van der Waals surface area contributed by atoms with Gasteiger partial charge in [0.25, 0.3) is 0 Å². The van der Waals surface area contributed by atoms with E-state index in [1.54, 1.807) is 12.4 Å². The number of amides is 2. The van der Waals surface area contributed by atoms with E-state index in [4.69, 9.17) is 0 Å². The van der Waals surface area contributed by atoms with E-state index >= 15 is 0 Å². The maximum Gasteiger partial charge on any atom is 0.227 e. The average molecular weight is 313 g/mol. The molecule has 4 rings (SSSR count). The van der Waals surface area contributed by atoms with Crippen molar-refractivity contribution in [3.63, 3.8) is 0 Å². The maximum atomic E-state index is 12.6. The number of nitrogens with zero attached hydrogens (tertiary/aromatic N) is 3. The van der Waals surface area contributed by atoms with E-state index in [1.165, 1.54) is 12.8 Å². The first-order valence-electron chi connectivity index (χ1n) is 8.70. The Kier molecular flexibility index (Phi) is 3.79. The molecule has 2 saturated heterocycles. The van der Waals surface area contributed by atoms with Gasteiger partial charge in [0, 0.05) is 44.0 Å². The number of carbonyl (C=O) groups excluding carboxylic acids is 2. The number of hydrogen-bond donors (Lipinski definition) is 0. The highest BCUT2D eigenvalue weighted by atomic mass is 16.2. The molecular weight excluding hydrogens is 290 g/mol. The molecule has 1 aliphatic carbocycles. The first kappa shape index (κ1) is 14.7. The molecule has 2 unspecified atom stereocenters. The van der Waals surface area contributed by atoms with Gasteiger partial charge in [0.15, 0.2) is 0 Å². The van der Waals surface area contributed by atoms with Crippen molar-refractivity contribution in [2.45, 2.75) is 50.6 Å². The highest BCUT2D eigenvalue weighted by molar-refractivity contribution is 5.80. The van der Waals surface area contributed by atoms with Crippen LogP contribution < -0.4 is 0 Å². The van der Waals surface area contributed by atoms with Gasteiger partial charge in [-0.3, -0.25) is 14.6 Å². The summed E-state index contributed by atoms with van der Waals surface area (Å²) in [6, 6.07) is 4.68. The second-order valence-electron chi connectivity index (χ2n) is 7.06. The normalized spacial score (nSPS) is 27.7. The van der Waals surface area contributed by atoms with E-state index in [0.29, 0.717) is 36.8 Å². The Morgan fingerprint density at radius 1 is 1.26 bits per heavy atom. The molecule has 2 aliphatic heterocycles. The number of aromatic nitrogens is 1. The van der Waals surface area contributed by atoms with Crippen molar-refractivity contribution in [2.24, 2.45) is 5.92 Å². The van der Waals surface area contributed by atoms with Crippen molar-refractivity contribution in [1.82, 2.24) is 14.8 Å². The van der Waals surface area contributed by atoms with Crippen molar-refractivity contribution in [1.29, 1.82) is 0 Å². The summed E-state index contributed by atoms with van der Waals surface area (Å²) < 4.78 is 0. The Labute approximate surface area is 136 Å². The molecule has 122 valence electrons. The number of pyridine rings is 1. The number of rotatable bonds is 3. The van der Waals surface area contributed by atoms with Crippen LogP contribution in [0.2, 0.25) is 0 Å². The largest absolute Gasteiger partial charge is 0.342 e. The van der Waals surface area contributed by atoms with E-state index in [2.05, 4.69) is 9.88 Å². The Morgan fingerprint density at radius 2 is 2.13 bits per heavy atom. The van der Waals surface area contributed by atoms with Gasteiger partial charge in [-0.1, -0.05) is 6.07 Å². The molecule has 5 heteroatoms. The molecule has 0 radical (unpaired) electrons. The highest BCUT2D eigenvalue weighted by Crippen LogP contribution is 2.39. The molecule has 0 N–H and O–H groups in total. The molecule has 23 heavy (non-hydrogen) atoms. The van der Waals surface area contributed by atoms with Crippen LogP contribution in [0.1, 0.15) is 37.7 Å². The molecule has 3 fully saturated rings. The fourth-order valence-electron chi connectivity index (χ4n) is 4.14. The third-order valence-electron chi connectivity index (χ3n) is 5.44. The lowest BCUT2D eigenvalue weighted by Crippen LogP contribution is -2.57. The van der Waals surface area contributed by atoms with Gasteiger partial charge in [-0.05, 0) is 43.2 Å². The van der Waals surface area contributed by atoms with Crippen molar-refractivity contribution in [3.05, 3.63) is 30.1 Å². The lowest BCUT2D eigenvalue weighted by Gasteiger charge is -2.47. The molecule has 0 bridgehead atoms. The summed E-state index contributed by atoms with van der Waals surface area (Å²) in [5, 5.41) is 0. The molecular formula is C18H23N3O2. The van der Waals surface area contributed by atoms with Gasteiger partial charge in [-0.15, -0.1) is 0 Å². The summed E-state index contributed by atoms with van der Waals surface area (Å²) >= 11 is 0. The van der Waals surface area contributed by atoms with Gasteiger partial charge < -0.3 is 9.80 Å². The second-order valence-corrected chi connectivity index (χ2v) is 7.06. The monoisotopic (exact) mass is 313 g/mol. The SMILES string of the molecule is O=C(Cc1cccnc1)N1CCC2C(CCC(=O)N2C2CC2)C1. The first-order valence-corrected chi connectivity index (χ1v) is 8.70. The van der Waals surface area contributed by atoms with E-state index < -0.39 is 0 Å². The lowest BCUT2D eigenvalue weighted by atomic mass is 9.83. The summed E-state index contributed by atoms with van der Waals surface area (Å²) in [4.78, 5) is 33.0. The predicted octanol–water partition coefficient (Wildman–Crippen LogP) is 1.63. The third-order valence-corrected chi connectivity index (χ3v) is 5.44. The zero-order chi connectivity index (χ0) is 15.8. The van der Waals surface area contributed by atoms with Crippen LogP contribution in [0, 0.1) is 5.92 Å². The number of likely N-dealkylation sites (tertiary alicyclic amines) is 2. The summed E-state index contributed by atoms with van der Waals surface area (Å²) in [6.07, 6.45) is 8.77. The van der Waals surface area contributed by atoms with E-state index in [-0.39, 0.29) is 5.91 Å². The molecule has 5 nitrogen and oxygen atoms in total. The van der Waals surface area contributed by atoms with Crippen LogP contribution in [0.15, 0.2) is 24.5 Å². The van der Waals surface area contributed by atoms with Crippen molar-refractivity contribution < 1.29 is 9.59 Å². The Bertz CT molecular complexity index is 600. The fourth-order valence-corrected chi connectivity index (χ4v) is 4.14. The van der Waals surface area contributed by atoms with Crippen LogP contribution >= 0.6 is 0 Å². The van der Waals surface area contributed by atoms with Crippen molar-refractivity contribution in [3.8, 4) is 0 Å². The molecule has 3 aliphatic rings. The van der Waals surface area contributed by atoms with Crippen molar-refractivity contribution >= 4 is 11.8 Å². The first-order chi connectivity index (χ1) is 11.2. The minimum atomic E-state index is 0.186. The minimum absolute atomic E-state index is 0.186. The predicted molar refractivity (Wildman–Crippen MR) is 85.5 cm³/mol. The van der Waals surface area contributed by atoms with Crippen LogP contribution in [-0.4, -0.2) is 51.8 Å². The minimum Gasteiger partial charge on any atom is -0.342 e. The van der Waals surface area contributed by atoms with Crippen LogP contribution in [-0.2, 0) is 16.0 Å². The van der Waals surface area contributed by atoms with Gasteiger partial charge in [0.1, 0.15) is 0 Å². The van der Waals surface area contributed by atoms with Gasteiger partial charge in [0.05, 0.1) is 6.42 Å².